The maximum Gasteiger partial charge on any atom is 0.160 e. The summed E-state index contributed by atoms with van der Waals surface area (Å²) in [6.07, 6.45) is 4.32. The first-order valence-corrected chi connectivity index (χ1v) is 12.4. The van der Waals surface area contributed by atoms with Gasteiger partial charge in [-0.25, -0.2) is 19.9 Å². The Kier molecular flexibility index (Phi) is 6.95. The molecule has 1 saturated heterocycles. The van der Waals surface area contributed by atoms with Gasteiger partial charge in [-0.1, -0.05) is 12.1 Å². The van der Waals surface area contributed by atoms with E-state index in [2.05, 4.69) is 86.8 Å². The highest BCUT2D eigenvalue weighted by Crippen LogP contribution is 2.27. The minimum absolute atomic E-state index is 0. The minimum atomic E-state index is 0. The number of hydrogen-bond acceptors (Lipinski definition) is 7. The zero-order chi connectivity index (χ0) is 24.6. The smallest absolute Gasteiger partial charge is 0.160 e. The van der Waals surface area contributed by atoms with Gasteiger partial charge in [0.25, 0.3) is 0 Å². The van der Waals surface area contributed by atoms with Crippen molar-refractivity contribution in [2.45, 2.75) is 26.3 Å². The number of nitrogens with one attached hydrogen (secondary N) is 2. The molecule has 0 saturated carbocycles. The van der Waals surface area contributed by atoms with E-state index >= 15 is 0 Å². The summed E-state index contributed by atoms with van der Waals surface area (Å²) in [7, 11) is 2.02. The van der Waals surface area contributed by atoms with Gasteiger partial charge in [-0.05, 0) is 73.4 Å². The number of halogens is 1. The van der Waals surface area contributed by atoms with Gasteiger partial charge in [-0.2, -0.15) is 0 Å². The van der Waals surface area contributed by atoms with Gasteiger partial charge < -0.3 is 20.1 Å². The lowest BCUT2D eigenvalue weighted by Gasteiger charge is -2.35. The molecule has 3 aromatic heterocycles. The summed E-state index contributed by atoms with van der Waals surface area (Å²) >= 11 is 0. The molecule has 9 heteroatoms. The fraction of sp³-hybridized carbons (Fsp3) is 0.286. The Morgan fingerprint density at radius 1 is 1.03 bits per heavy atom. The number of hydrogen-bond donors (Lipinski definition) is 2. The number of benzene rings is 2. The van der Waals surface area contributed by atoms with Gasteiger partial charge in [0.1, 0.15) is 17.7 Å². The van der Waals surface area contributed by atoms with E-state index in [9.17, 15) is 0 Å². The van der Waals surface area contributed by atoms with Crippen LogP contribution in [0.2, 0.25) is 0 Å². The molecule has 5 aromatic rings. The number of imidazole rings is 1. The monoisotopic (exact) mass is 514 g/mol. The third kappa shape index (κ3) is 4.95. The van der Waals surface area contributed by atoms with Gasteiger partial charge in [-0.3, -0.25) is 0 Å². The molecule has 2 N–H and O–H groups in total. The van der Waals surface area contributed by atoms with Crippen LogP contribution in [0.15, 0.2) is 61.2 Å². The van der Waals surface area contributed by atoms with Crippen LogP contribution >= 0.6 is 12.4 Å². The summed E-state index contributed by atoms with van der Waals surface area (Å²) in [4.78, 5) is 20.8. The van der Waals surface area contributed by atoms with Crippen LogP contribution in [0.4, 0.5) is 17.3 Å². The first kappa shape index (κ1) is 24.9. The number of aromatic nitrogens is 5. The molecule has 190 valence electrons. The van der Waals surface area contributed by atoms with E-state index in [0.717, 1.165) is 65.4 Å². The topological polar surface area (TPSA) is 83.8 Å². The van der Waals surface area contributed by atoms with Crippen LogP contribution in [0.25, 0.3) is 22.1 Å². The second kappa shape index (κ2) is 10.3. The van der Waals surface area contributed by atoms with Crippen molar-refractivity contribution < 1.29 is 0 Å². The van der Waals surface area contributed by atoms with E-state index in [1.54, 1.807) is 6.33 Å². The molecule has 0 radical (unpaired) electrons. The molecule has 2 aromatic carbocycles. The molecule has 0 spiro atoms. The van der Waals surface area contributed by atoms with Gasteiger partial charge >= 0.3 is 0 Å². The van der Waals surface area contributed by atoms with Crippen molar-refractivity contribution in [3.8, 4) is 0 Å². The van der Waals surface area contributed by atoms with Crippen LogP contribution < -0.4 is 15.5 Å². The standard InChI is InChI=1S/C28H30N8.ClH/c1-18-12-22(6-5-21(18)13-20-4-8-25-24(14-20)32-17-35(25)3)33-28-27-23(30-16-31-28)7-9-26(34-27)36-11-10-29-15-19(36)2;/h4-9,12,14,16-17,19,29H,10-11,13,15H2,1-3H3,(H,30,31,33);1H/t19-;/m0./s1. The first-order chi connectivity index (χ1) is 17.5. The fourth-order valence-electron chi connectivity index (χ4n) is 4.98. The van der Waals surface area contributed by atoms with Crippen LogP contribution in [0.1, 0.15) is 23.6 Å². The number of fused-ring (bicyclic) bond motifs is 2. The summed E-state index contributed by atoms with van der Waals surface area (Å²) in [6, 6.07) is 17.5. The maximum absolute atomic E-state index is 4.97. The molecular formula is C28H31ClN8. The molecule has 0 bridgehead atoms. The Bertz CT molecular complexity index is 1560. The quantitative estimate of drug-likeness (QED) is 0.349. The van der Waals surface area contributed by atoms with Gasteiger partial charge in [0.15, 0.2) is 5.82 Å². The summed E-state index contributed by atoms with van der Waals surface area (Å²) in [5.41, 5.74) is 8.55. The van der Waals surface area contributed by atoms with E-state index in [-0.39, 0.29) is 12.4 Å². The summed E-state index contributed by atoms with van der Waals surface area (Å²) in [6.45, 7) is 7.22. The lowest BCUT2D eigenvalue weighted by Crippen LogP contribution is -2.50. The third-order valence-electron chi connectivity index (χ3n) is 7.05. The molecule has 4 heterocycles. The fourth-order valence-corrected chi connectivity index (χ4v) is 4.98. The highest BCUT2D eigenvalue weighted by molar-refractivity contribution is 5.88. The van der Waals surface area contributed by atoms with Gasteiger partial charge in [0, 0.05) is 38.4 Å². The third-order valence-corrected chi connectivity index (χ3v) is 7.05. The second-order valence-corrected chi connectivity index (χ2v) is 9.63. The summed E-state index contributed by atoms with van der Waals surface area (Å²) in [5.74, 6) is 1.68. The molecule has 0 amide bonds. The molecule has 6 rings (SSSR count). The van der Waals surface area contributed by atoms with Crippen LogP contribution in [0.5, 0.6) is 0 Å². The maximum atomic E-state index is 4.97. The number of nitrogens with zero attached hydrogens (tertiary/aromatic N) is 6. The van der Waals surface area contributed by atoms with Crippen LogP contribution in [-0.2, 0) is 13.5 Å². The van der Waals surface area contributed by atoms with Crippen molar-refractivity contribution >= 4 is 51.8 Å². The molecule has 1 fully saturated rings. The molecule has 8 nitrogen and oxygen atoms in total. The highest BCUT2D eigenvalue weighted by Gasteiger charge is 2.20. The summed E-state index contributed by atoms with van der Waals surface area (Å²) < 4.78 is 2.05. The first-order valence-electron chi connectivity index (χ1n) is 12.4. The number of aryl methyl sites for hydroxylation is 2. The van der Waals surface area contributed by atoms with Gasteiger partial charge in [0.05, 0.1) is 22.9 Å². The minimum Gasteiger partial charge on any atom is -0.351 e. The van der Waals surface area contributed by atoms with E-state index in [4.69, 9.17) is 4.98 Å². The lowest BCUT2D eigenvalue weighted by molar-refractivity contribution is 0.497. The van der Waals surface area contributed by atoms with Crippen molar-refractivity contribution in [1.82, 2.24) is 29.8 Å². The van der Waals surface area contributed by atoms with Crippen molar-refractivity contribution in [3.05, 3.63) is 77.9 Å². The van der Waals surface area contributed by atoms with Crippen LogP contribution in [-0.4, -0.2) is 50.2 Å². The van der Waals surface area contributed by atoms with E-state index < -0.39 is 0 Å². The number of anilines is 3. The van der Waals surface area contributed by atoms with E-state index in [1.165, 1.54) is 16.7 Å². The molecule has 0 aliphatic carbocycles. The van der Waals surface area contributed by atoms with Crippen molar-refractivity contribution in [1.29, 1.82) is 0 Å². The average molecular weight is 515 g/mol. The predicted molar refractivity (Wildman–Crippen MR) is 152 cm³/mol. The second-order valence-electron chi connectivity index (χ2n) is 9.63. The molecule has 1 atom stereocenters. The zero-order valence-electron chi connectivity index (χ0n) is 21.3. The molecule has 37 heavy (non-hydrogen) atoms. The van der Waals surface area contributed by atoms with Crippen LogP contribution in [0, 0.1) is 6.92 Å². The Balaban J connectivity index is 0.00000280. The van der Waals surface area contributed by atoms with Gasteiger partial charge in [-0.15, -0.1) is 12.4 Å². The molecule has 1 aliphatic heterocycles. The summed E-state index contributed by atoms with van der Waals surface area (Å²) in [5, 5.41) is 6.93. The Hall–Kier alpha value is -3.75. The van der Waals surface area contributed by atoms with Gasteiger partial charge in [0.2, 0.25) is 0 Å². The SMILES string of the molecule is Cc1cc(Nc2ncnc3ccc(N4CCNC[C@@H]4C)nc23)ccc1Cc1ccc2c(c1)ncn2C.Cl. The number of rotatable bonds is 5. The van der Waals surface area contributed by atoms with E-state index in [0.29, 0.717) is 6.04 Å². The Morgan fingerprint density at radius 3 is 2.76 bits per heavy atom. The van der Waals surface area contributed by atoms with E-state index in [1.807, 2.05) is 24.0 Å². The number of pyridine rings is 1. The zero-order valence-corrected chi connectivity index (χ0v) is 22.1. The van der Waals surface area contributed by atoms with Crippen molar-refractivity contribution in [2.75, 3.05) is 29.9 Å². The highest BCUT2D eigenvalue weighted by atomic mass is 35.5. The predicted octanol–water partition coefficient (Wildman–Crippen LogP) is 4.77. The van der Waals surface area contributed by atoms with Crippen molar-refractivity contribution in [3.63, 3.8) is 0 Å². The molecular weight excluding hydrogens is 484 g/mol. The Labute approximate surface area is 222 Å². The number of piperazine rings is 1. The average Bonchev–Trinajstić information content (AvgIpc) is 3.26. The Morgan fingerprint density at radius 2 is 1.92 bits per heavy atom. The molecule has 1 aliphatic rings. The lowest BCUT2D eigenvalue weighted by atomic mass is 9.99. The largest absolute Gasteiger partial charge is 0.351 e. The normalized spacial score (nSPS) is 15.6. The van der Waals surface area contributed by atoms with Crippen molar-refractivity contribution in [2.24, 2.45) is 7.05 Å². The molecule has 0 unspecified atom stereocenters. The van der Waals surface area contributed by atoms with Crippen LogP contribution in [0.3, 0.4) is 0 Å².